The van der Waals surface area contributed by atoms with E-state index in [4.69, 9.17) is 11.6 Å². The quantitative estimate of drug-likeness (QED) is 0.701. The predicted molar refractivity (Wildman–Crippen MR) is 98.1 cm³/mol. The molecule has 0 fully saturated rings. The van der Waals surface area contributed by atoms with E-state index in [-0.39, 0.29) is 5.91 Å². The van der Waals surface area contributed by atoms with Crippen LogP contribution >= 0.6 is 11.6 Å². The number of anilines is 3. The summed E-state index contributed by atoms with van der Waals surface area (Å²) in [6.45, 7) is 2.04. The number of hydrogen-bond acceptors (Lipinski definition) is 3. The maximum absolute atomic E-state index is 12.2. The lowest BCUT2D eigenvalue weighted by Gasteiger charge is -2.08. The molecular weight excluding hydrogens is 322 g/mol. The first-order valence-corrected chi connectivity index (χ1v) is 7.84. The molecule has 0 saturated carbocycles. The molecule has 0 saturated heterocycles. The Labute approximate surface area is 145 Å². The topological polar surface area (TPSA) is 54.0 Å². The van der Waals surface area contributed by atoms with Crippen molar-refractivity contribution in [2.75, 3.05) is 10.6 Å². The molecule has 3 rings (SSSR count). The lowest BCUT2D eigenvalue weighted by molar-refractivity contribution is 0.102. The van der Waals surface area contributed by atoms with Crippen LogP contribution in [0.4, 0.5) is 17.1 Å². The Balaban J connectivity index is 1.66. The van der Waals surface area contributed by atoms with Crippen molar-refractivity contribution in [1.82, 2.24) is 4.98 Å². The van der Waals surface area contributed by atoms with Crippen molar-refractivity contribution in [2.45, 2.75) is 6.92 Å². The van der Waals surface area contributed by atoms with E-state index in [1.54, 1.807) is 36.5 Å². The summed E-state index contributed by atoms with van der Waals surface area (Å²) in [5.41, 5.74) is 4.02. The second-order valence-electron chi connectivity index (χ2n) is 5.38. The number of amides is 1. The molecule has 24 heavy (non-hydrogen) atoms. The molecule has 0 spiro atoms. The fraction of sp³-hybridized carbons (Fsp3) is 0.0526. The van der Waals surface area contributed by atoms with E-state index in [2.05, 4.69) is 15.6 Å². The van der Waals surface area contributed by atoms with Crippen molar-refractivity contribution in [3.8, 4) is 0 Å². The second kappa shape index (κ2) is 7.15. The van der Waals surface area contributed by atoms with Gasteiger partial charge in [-0.2, -0.15) is 0 Å². The molecular formula is C19H16ClN3O. The molecule has 1 amide bonds. The van der Waals surface area contributed by atoms with Gasteiger partial charge in [0.05, 0.1) is 11.9 Å². The van der Waals surface area contributed by atoms with Crippen molar-refractivity contribution in [1.29, 1.82) is 0 Å². The van der Waals surface area contributed by atoms with Crippen molar-refractivity contribution in [3.05, 3.63) is 83.1 Å². The average molecular weight is 338 g/mol. The van der Waals surface area contributed by atoms with E-state index in [1.807, 2.05) is 37.3 Å². The fourth-order valence-electron chi connectivity index (χ4n) is 2.13. The Morgan fingerprint density at radius 2 is 1.50 bits per heavy atom. The Morgan fingerprint density at radius 1 is 0.875 bits per heavy atom. The van der Waals surface area contributed by atoms with E-state index in [0.717, 1.165) is 11.4 Å². The first kappa shape index (κ1) is 16.0. The van der Waals surface area contributed by atoms with Gasteiger partial charge in [-0.15, -0.1) is 0 Å². The number of rotatable bonds is 4. The minimum Gasteiger partial charge on any atom is -0.354 e. The standard InChI is InChI=1S/C19H16ClN3O/c1-13-2-6-15(7-3-13)22-17-10-11-18(21-12-17)19(24)23-16-8-4-14(20)5-9-16/h2-12,22H,1H3,(H,23,24). The summed E-state index contributed by atoms with van der Waals surface area (Å²) in [6, 6.07) is 18.5. The number of hydrogen-bond donors (Lipinski definition) is 2. The van der Waals surface area contributed by atoms with Gasteiger partial charge >= 0.3 is 0 Å². The third kappa shape index (κ3) is 4.12. The molecule has 0 radical (unpaired) electrons. The Hall–Kier alpha value is -2.85. The lowest BCUT2D eigenvalue weighted by Crippen LogP contribution is -2.13. The molecule has 0 aliphatic carbocycles. The first-order valence-electron chi connectivity index (χ1n) is 7.47. The number of carbonyl (C=O) groups is 1. The van der Waals surface area contributed by atoms with Gasteiger partial charge in [0.15, 0.2) is 0 Å². The minimum absolute atomic E-state index is 0.265. The summed E-state index contributed by atoms with van der Waals surface area (Å²) in [4.78, 5) is 16.4. The zero-order valence-corrected chi connectivity index (χ0v) is 13.8. The molecule has 0 unspecified atom stereocenters. The monoisotopic (exact) mass is 337 g/mol. The van der Waals surface area contributed by atoms with Crippen LogP contribution in [0, 0.1) is 6.92 Å². The minimum atomic E-state index is -0.265. The number of nitrogens with zero attached hydrogens (tertiary/aromatic N) is 1. The summed E-state index contributed by atoms with van der Waals surface area (Å²) in [6.07, 6.45) is 1.64. The molecule has 4 nitrogen and oxygen atoms in total. The van der Waals surface area contributed by atoms with Crippen molar-refractivity contribution >= 4 is 34.6 Å². The molecule has 0 bridgehead atoms. The summed E-state index contributed by atoms with van der Waals surface area (Å²) < 4.78 is 0. The molecule has 0 aliphatic rings. The molecule has 1 aromatic heterocycles. The van der Waals surface area contributed by atoms with Crippen LogP contribution in [0.15, 0.2) is 66.9 Å². The normalized spacial score (nSPS) is 10.2. The van der Waals surface area contributed by atoms with E-state index in [0.29, 0.717) is 16.4 Å². The van der Waals surface area contributed by atoms with Crippen molar-refractivity contribution in [3.63, 3.8) is 0 Å². The molecule has 120 valence electrons. The van der Waals surface area contributed by atoms with Gasteiger partial charge < -0.3 is 10.6 Å². The van der Waals surface area contributed by atoms with Crippen LogP contribution in [-0.2, 0) is 0 Å². The third-order valence-corrected chi connectivity index (χ3v) is 3.69. The van der Waals surface area contributed by atoms with Crippen LogP contribution < -0.4 is 10.6 Å². The highest BCUT2D eigenvalue weighted by Crippen LogP contribution is 2.17. The summed E-state index contributed by atoms with van der Waals surface area (Å²) in [5.74, 6) is -0.265. The maximum Gasteiger partial charge on any atom is 0.274 e. The van der Waals surface area contributed by atoms with E-state index in [1.165, 1.54) is 5.56 Å². The number of nitrogens with one attached hydrogen (secondary N) is 2. The van der Waals surface area contributed by atoms with Gasteiger partial charge in [0, 0.05) is 16.4 Å². The lowest BCUT2D eigenvalue weighted by atomic mass is 10.2. The van der Waals surface area contributed by atoms with Gasteiger partial charge in [-0.3, -0.25) is 4.79 Å². The molecule has 0 atom stereocenters. The summed E-state index contributed by atoms with van der Waals surface area (Å²) in [7, 11) is 0. The van der Waals surface area contributed by atoms with E-state index in [9.17, 15) is 4.79 Å². The third-order valence-electron chi connectivity index (χ3n) is 3.44. The molecule has 2 N–H and O–H groups in total. The zero-order chi connectivity index (χ0) is 16.9. The van der Waals surface area contributed by atoms with Gasteiger partial charge in [0.25, 0.3) is 5.91 Å². The maximum atomic E-state index is 12.2. The molecule has 5 heteroatoms. The molecule has 0 aliphatic heterocycles. The number of aromatic nitrogens is 1. The highest BCUT2D eigenvalue weighted by molar-refractivity contribution is 6.30. The number of aryl methyl sites for hydroxylation is 1. The Bertz CT molecular complexity index is 828. The van der Waals surface area contributed by atoms with Crippen LogP contribution in [0.3, 0.4) is 0 Å². The van der Waals surface area contributed by atoms with Crippen LogP contribution in [-0.4, -0.2) is 10.9 Å². The SMILES string of the molecule is Cc1ccc(Nc2ccc(C(=O)Nc3ccc(Cl)cc3)nc2)cc1. The van der Waals surface area contributed by atoms with Crippen molar-refractivity contribution < 1.29 is 4.79 Å². The highest BCUT2D eigenvalue weighted by atomic mass is 35.5. The van der Waals surface area contributed by atoms with Gasteiger partial charge in [-0.1, -0.05) is 29.3 Å². The van der Waals surface area contributed by atoms with Gasteiger partial charge in [0.2, 0.25) is 0 Å². The summed E-state index contributed by atoms with van der Waals surface area (Å²) >= 11 is 5.83. The predicted octanol–water partition coefficient (Wildman–Crippen LogP) is 5.04. The summed E-state index contributed by atoms with van der Waals surface area (Å²) in [5, 5.41) is 6.65. The molecule has 3 aromatic rings. The van der Waals surface area contributed by atoms with E-state index >= 15 is 0 Å². The smallest absolute Gasteiger partial charge is 0.274 e. The average Bonchev–Trinajstić information content (AvgIpc) is 2.59. The zero-order valence-electron chi connectivity index (χ0n) is 13.1. The second-order valence-corrected chi connectivity index (χ2v) is 5.82. The highest BCUT2D eigenvalue weighted by Gasteiger charge is 2.07. The number of halogens is 1. The van der Waals surface area contributed by atoms with Crippen LogP contribution in [0.2, 0.25) is 5.02 Å². The number of pyridine rings is 1. The first-order chi connectivity index (χ1) is 11.6. The van der Waals surface area contributed by atoms with Crippen LogP contribution in [0.25, 0.3) is 0 Å². The largest absolute Gasteiger partial charge is 0.354 e. The van der Waals surface area contributed by atoms with Crippen LogP contribution in [0.1, 0.15) is 16.1 Å². The Kier molecular flexibility index (Phi) is 4.77. The van der Waals surface area contributed by atoms with E-state index < -0.39 is 0 Å². The fourth-order valence-corrected chi connectivity index (χ4v) is 2.26. The Morgan fingerprint density at radius 3 is 2.12 bits per heavy atom. The van der Waals surface area contributed by atoms with Gasteiger partial charge in [-0.25, -0.2) is 4.98 Å². The van der Waals surface area contributed by atoms with Gasteiger partial charge in [0.1, 0.15) is 5.69 Å². The molecule has 1 heterocycles. The number of carbonyl (C=O) groups excluding carboxylic acids is 1. The van der Waals surface area contributed by atoms with Crippen LogP contribution in [0.5, 0.6) is 0 Å². The van der Waals surface area contributed by atoms with Gasteiger partial charge in [-0.05, 0) is 55.5 Å². The molecule has 2 aromatic carbocycles. The number of benzene rings is 2. The van der Waals surface area contributed by atoms with Crippen molar-refractivity contribution in [2.24, 2.45) is 0 Å².